The van der Waals surface area contributed by atoms with Crippen LogP contribution in [0.2, 0.25) is 5.02 Å². The number of anilines is 1. The lowest BCUT2D eigenvalue weighted by atomic mass is 10.1. The fourth-order valence-corrected chi connectivity index (χ4v) is 3.99. The molecule has 1 heterocycles. The topological polar surface area (TPSA) is 92.3 Å². The number of hydrogen-bond donors (Lipinski definition) is 1. The van der Waals surface area contributed by atoms with E-state index in [9.17, 15) is 13.2 Å². The smallest absolute Gasteiger partial charge is 0.249 e. The molecule has 0 radical (unpaired) electrons. The number of carbonyl (C=O) groups is 1. The highest BCUT2D eigenvalue weighted by atomic mass is 35.5. The van der Waals surface area contributed by atoms with Crippen LogP contribution in [0.1, 0.15) is 11.6 Å². The van der Waals surface area contributed by atoms with Crippen LogP contribution in [0.4, 0.5) is 5.13 Å². The summed E-state index contributed by atoms with van der Waals surface area (Å²) in [7, 11) is -2.24. The number of carbonyl (C=O) groups excluding carboxylic acids is 1. The number of halogens is 1. The first kappa shape index (κ1) is 20.4. The molecule has 0 aliphatic heterocycles. The highest BCUT2D eigenvalue weighted by Gasteiger charge is 2.31. The van der Waals surface area contributed by atoms with Gasteiger partial charge in [-0.3, -0.25) is 10.1 Å². The molecule has 10 heteroatoms. The van der Waals surface area contributed by atoms with Crippen LogP contribution in [0, 0.1) is 0 Å². The molecular weight excluding hydrogens is 420 g/mol. The SMILES string of the molecule is CN([C@@H](C(=O)Nc1nnc(-c2ccc(Cl)cc2)s1)c1ccccc1)S(C)(=O)=O. The van der Waals surface area contributed by atoms with E-state index in [2.05, 4.69) is 15.5 Å². The van der Waals surface area contributed by atoms with Gasteiger partial charge in [0.25, 0.3) is 0 Å². The summed E-state index contributed by atoms with van der Waals surface area (Å²) in [5.74, 6) is -0.516. The van der Waals surface area contributed by atoms with Crippen LogP contribution < -0.4 is 5.32 Å². The summed E-state index contributed by atoms with van der Waals surface area (Å²) in [4.78, 5) is 12.9. The molecule has 0 aliphatic rings. The summed E-state index contributed by atoms with van der Waals surface area (Å²) in [6, 6.07) is 14.7. The summed E-state index contributed by atoms with van der Waals surface area (Å²) in [5.41, 5.74) is 1.37. The number of nitrogens with zero attached hydrogens (tertiary/aromatic N) is 3. The van der Waals surface area contributed by atoms with Crippen LogP contribution >= 0.6 is 22.9 Å². The molecule has 0 saturated heterocycles. The Labute approximate surface area is 172 Å². The predicted octanol–water partition coefficient (Wildman–Crippen LogP) is 3.43. The first-order valence-electron chi connectivity index (χ1n) is 8.14. The van der Waals surface area contributed by atoms with Gasteiger partial charge < -0.3 is 0 Å². The van der Waals surface area contributed by atoms with Crippen molar-refractivity contribution in [2.24, 2.45) is 0 Å². The van der Waals surface area contributed by atoms with E-state index in [1.54, 1.807) is 54.6 Å². The van der Waals surface area contributed by atoms with Crippen LogP contribution in [0.3, 0.4) is 0 Å². The molecule has 0 spiro atoms. The third-order valence-corrected chi connectivity index (χ3v) is 6.39. The summed E-state index contributed by atoms with van der Waals surface area (Å²) >= 11 is 7.08. The number of nitrogens with one attached hydrogen (secondary N) is 1. The van der Waals surface area contributed by atoms with E-state index in [0.29, 0.717) is 15.6 Å². The second-order valence-corrected chi connectivity index (χ2v) is 9.46. The number of likely N-dealkylation sites (N-methyl/N-ethyl adjacent to an activating group) is 1. The van der Waals surface area contributed by atoms with E-state index in [0.717, 1.165) is 16.1 Å². The van der Waals surface area contributed by atoms with Gasteiger partial charge in [0.2, 0.25) is 21.1 Å². The number of rotatable bonds is 6. The van der Waals surface area contributed by atoms with Gasteiger partial charge in [0, 0.05) is 17.6 Å². The Kier molecular flexibility index (Phi) is 6.09. The minimum Gasteiger partial charge on any atom is -0.299 e. The molecule has 1 N–H and O–H groups in total. The zero-order valence-corrected chi connectivity index (χ0v) is 17.4. The molecule has 3 rings (SSSR count). The molecule has 0 saturated carbocycles. The van der Waals surface area contributed by atoms with Crippen molar-refractivity contribution < 1.29 is 13.2 Å². The average Bonchev–Trinajstić information content (AvgIpc) is 3.11. The third-order valence-electron chi connectivity index (χ3n) is 4.00. The van der Waals surface area contributed by atoms with E-state index in [1.165, 1.54) is 18.4 Å². The maximum Gasteiger partial charge on any atom is 0.249 e. The van der Waals surface area contributed by atoms with Gasteiger partial charge in [0.15, 0.2) is 0 Å². The van der Waals surface area contributed by atoms with E-state index in [4.69, 9.17) is 11.6 Å². The quantitative estimate of drug-likeness (QED) is 0.639. The normalized spacial score (nSPS) is 12.7. The molecule has 28 heavy (non-hydrogen) atoms. The Morgan fingerprint density at radius 1 is 1.11 bits per heavy atom. The lowest BCUT2D eigenvalue weighted by Crippen LogP contribution is -2.38. The molecule has 1 aromatic heterocycles. The number of aromatic nitrogens is 2. The standard InChI is InChI=1S/C18H17ClN4O3S2/c1-23(28(2,25)26)15(12-6-4-3-5-7-12)16(24)20-18-22-21-17(27-18)13-8-10-14(19)11-9-13/h3-11,15H,1-2H3,(H,20,22,24)/t15-/m1/s1. The number of benzene rings is 2. The minimum absolute atomic E-state index is 0.276. The molecule has 1 atom stereocenters. The van der Waals surface area contributed by atoms with Crippen LogP contribution in [-0.4, -0.2) is 42.1 Å². The second-order valence-electron chi connectivity index (χ2n) is 6.00. The lowest BCUT2D eigenvalue weighted by molar-refractivity contribution is -0.119. The molecule has 2 aromatic carbocycles. The lowest BCUT2D eigenvalue weighted by Gasteiger charge is -2.25. The van der Waals surface area contributed by atoms with Crippen molar-refractivity contribution in [2.45, 2.75) is 6.04 Å². The Bertz CT molecular complexity index is 1070. The summed E-state index contributed by atoms with van der Waals surface area (Å²) in [5, 5.41) is 12.2. The van der Waals surface area contributed by atoms with Crippen molar-refractivity contribution in [1.82, 2.24) is 14.5 Å². The van der Waals surface area contributed by atoms with Gasteiger partial charge in [-0.2, -0.15) is 4.31 Å². The van der Waals surface area contributed by atoms with E-state index < -0.39 is 22.0 Å². The Balaban J connectivity index is 1.85. The molecule has 146 valence electrons. The number of amides is 1. The first-order valence-corrected chi connectivity index (χ1v) is 11.2. The fraction of sp³-hybridized carbons (Fsp3) is 0.167. The molecule has 7 nitrogen and oxygen atoms in total. The van der Waals surface area contributed by atoms with Gasteiger partial charge in [0.05, 0.1) is 6.26 Å². The number of hydrogen-bond acceptors (Lipinski definition) is 6. The highest BCUT2D eigenvalue weighted by Crippen LogP contribution is 2.29. The monoisotopic (exact) mass is 436 g/mol. The first-order chi connectivity index (χ1) is 13.3. The van der Waals surface area contributed by atoms with E-state index in [1.807, 2.05) is 0 Å². The zero-order chi connectivity index (χ0) is 20.3. The Morgan fingerprint density at radius 3 is 2.36 bits per heavy atom. The van der Waals surface area contributed by atoms with Gasteiger partial charge in [-0.15, -0.1) is 10.2 Å². The summed E-state index contributed by atoms with van der Waals surface area (Å²) in [6.07, 6.45) is 1.06. The van der Waals surface area contributed by atoms with Crippen molar-refractivity contribution in [2.75, 3.05) is 18.6 Å². The van der Waals surface area contributed by atoms with Crippen LogP contribution in [0.5, 0.6) is 0 Å². The molecule has 3 aromatic rings. The maximum absolute atomic E-state index is 12.9. The molecule has 0 bridgehead atoms. The van der Waals surface area contributed by atoms with Gasteiger partial charge in [-0.25, -0.2) is 8.42 Å². The van der Waals surface area contributed by atoms with Gasteiger partial charge in [-0.05, 0) is 17.7 Å². The summed E-state index contributed by atoms with van der Waals surface area (Å²) in [6.45, 7) is 0. The Morgan fingerprint density at radius 2 is 1.75 bits per heavy atom. The van der Waals surface area contributed by atoms with Crippen molar-refractivity contribution in [3.05, 3.63) is 65.2 Å². The molecule has 0 fully saturated rings. The molecule has 0 aliphatic carbocycles. The minimum atomic E-state index is -3.60. The van der Waals surface area contributed by atoms with E-state index in [-0.39, 0.29) is 5.13 Å². The largest absolute Gasteiger partial charge is 0.299 e. The average molecular weight is 437 g/mol. The van der Waals surface area contributed by atoms with Gasteiger partial charge >= 0.3 is 0 Å². The van der Waals surface area contributed by atoms with Crippen molar-refractivity contribution in [3.63, 3.8) is 0 Å². The van der Waals surface area contributed by atoms with Gasteiger partial charge in [-0.1, -0.05) is 65.4 Å². The maximum atomic E-state index is 12.9. The molecule has 1 amide bonds. The summed E-state index contributed by atoms with van der Waals surface area (Å²) < 4.78 is 25.1. The van der Waals surface area contributed by atoms with Crippen molar-refractivity contribution in [3.8, 4) is 10.6 Å². The van der Waals surface area contributed by atoms with Crippen molar-refractivity contribution in [1.29, 1.82) is 0 Å². The second kappa shape index (κ2) is 8.36. The van der Waals surface area contributed by atoms with Crippen LogP contribution in [0.15, 0.2) is 54.6 Å². The Hall–Kier alpha value is -2.33. The van der Waals surface area contributed by atoms with Crippen molar-refractivity contribution >= 4 is 44.0 Å². The molecular formula is C18H17ClN4O3S2. The van der Waals surface area contributed by atoms with E-state index >= 15 is 0 Å². The van der Waals surface area contributed by atoms with Crippen LogP contribution in [0.25, 0.3) is 10.6 Å². The number of sulfonamides is 1. The predicted molar refractivity (Wildman–Crippen MR) is 111 cm³/mol. The zero-order valence-electron chi connectivity index (χ0n) is 15.0. The van der Waals surface area contributed by atoms with Crippen LogP contribution in [-0.2, 0) is 14.8 Å². The highest BCUT2D eigenvalue weighted by molar-refractivity contribution is 7.88. The van der Waals surface area contributed by atoms with Gasteiger partial charge in [0.1, 0.15) is 11.0 Å². The molecule has 0 unspecified atom stereocenters. The third kappa shape index (κ3) is 4.74. The fourth-order valence-electron chi connectivity index (χ4n) is 2.51.